The molecule has 9 heteroatoms. The van der Waals surface area contributed by atoms with Crippen molar-refractivity contribution in [3.8, 4) is 0 Å². The molecule has 3 heterocycles. The van der Waals surface area contributed by atoms with Crippen LogP contribution in [0.3, 0.4) is 0 Å². The Morgan fingerprint density at radius 3 is 2.38 bits per heavy atom. The third-order valence-corrected chi connectivity index (χ3v) is 9.06. The molecule has 0 aromatic carbocycles. The molecule has 0 radical (unpaired) electrons. The standard InChI is InChI=1S/C20H31N5O3S/c1-14(26)24-10-9-18-17(13-24)20(21-2)23-19(22-18)15-7-11-25(12-8-15)29(27,28)16-5-3-4-6-16/h15-16H,3-13H2,1-2H3,(H,21,22,23). The molecule has 0 unspecified atom stereocenters. The van der Waals surface area contributed by atoms with Gasteiger partial charge in [0.25, 0.3) is 0 Å². The molecule has 160 valence electrons. The van der Waals surface area contributed by atoms with Crippen LogP contribution in [0.2, 0.25) is 0 Å². The molecule has 3 aliphatic rings. The molecule has 1 N–H and O–H groups in total. The van der Waals surface area contributed by atoms with E-state index in [0.717, 1.165) is 67.8 Å². The molecule has 0 bridgehead atoms. The van der Waals surface area contributed by atoms with Gasteiger partial charge in [0.2, 0.25) is 15.9 Å². The number of hydrogen-bond acceptors (Lipinski definition) is 6. The maximum absolute atomic E-state index is 12.9. The normalized spacial score (nSPS) is 21.9. The van der Waals surface area contributed by atoms with Gasteiger partial charge in [-0.2, -0.15) is 0 Å². The molecule has 1 saturated heterocycles. The molecule has 1 amide bonds. The van der Waals surface area contributed by atoms with Crippen LogP contribution < -0.4 is 5.32 Å². The average Bonchev–Trinajstić information content (AvgIpc) is 3.28. The monoisotopic (exact) mass is 421 g/mol. The van der Waals surface area contributed by atoms with Gasteiger partial charge >= 0.3 is 0 Å². The zero-order valence-electron chi connectivity index (χ0n) is 17.4. The summed E-state index contributed by atoms with van der Waals surface area (Å²) in [7, 11) is -1.32. The average molecular weight is 422 g/mol. The Bertz CT molecular complexity index is 857. The zero-order valence-corrected chi connectivity index (χ0v) is 18.2. The molecule has 29 heavy (non-hydrogen) atoms. The summed E-state index contributed by atoms with van der Waals surface area (Å²) >= 11 is 0. The van der Waals surface area contributed by atoms with Crippen LogP contribution in [0.4, 0.5) is 5.82 Å². The van der Waals surface area contributed by atoms with Crippen LogP contribution in [0.1, 0.15) is 68.4 Å². The third kappa shape index (κ3) is 3.99. The number of hydrogen-bond donors (Lipinski definition) is 1. The molecular weight excluding hydrogens is 390 g/mol. The number of amides is 1. The second-order valence-corrected chi connectivity index (χ2v) is 10.6. The predicted octanol–water partition coefficient (Wildman–Crippen LogP) is 1.87. The number of piperidine rings is 1. The number of rotatable bonds is 4. The van der Waals surface area contributed by atoms with Crippen molar-refractivity contribution in [1.29, 1.82) is 0 Å². The van der Waals surface area contributed by atoms with Crippen LogP contribution in [-0.4, -0.2) is 65.4 Å². The van der Waals surface area contributed by atoms with Crippen LogP contribution in [-0.2, 0) is 27.8 Å². The molecule has 4 rings (SSSR count). The van der Waals surface area contributed by atoms with Crippen molar-refractivity contribution < 1.29 is 13.2 Å². The van der Waals surface area contributed by atoms with Crippen molar-refractivity contribution >= 4 is 21.7 Å². The lowest BCUT2D eigenvalue weighted by Crippen LogP contribution is -2.42. The van der Waals surface area contributed by atoms with E-state index >= 15 is 0 Å². The summed E-state index contributed by atoms with van der Waals surface area (Å²) in [6, 6.07) is 0. The molecular formula is C20H31N5O3S. The van der Waals surface area contributed by atoms with Crippen LogP contribution in [0.25, 0.3) is 0 Å². The van der Waals surface area contributed by atoms with Gasteiger partial charge in [0, 0.05) is 51.5 Å². The van der Waals surface area contributed by atoms with Gasteiger partial charge < -0.3 is 10.2 Å². The van der Waals surface area contributed by atoms with E-state index in [2.05, 4.69) is 5.32 Å². The number of carbonyl (C=O) groups excluding carboxylic acids is 1. The van der Waals surface area contributed by atoms with Gasteiger partial charge in [0.05, 0.1) is 17.5 Å². The summed E-state index contributed by atoms with van der Waals surface area (Å²) in [4.78, 5) is 23.2. The maximum atomic E-state index is 12.9. The minimum Gasteiger partial charge on any atom is -0.373 e. The number of carbonyl (C=O) groups is 1. The van der Waals surface area contributed by atoms with Gasteiger partial charge in [-0.25, -0.2) is 22.7 Å². The SMILES string of the molecule is CNc1nc(C2CCN(S(=O)(=O)C3CCCC3)CC2)nc2c1CN(C(C)=O)CC2. The summed E-state index contributed by atoms with van der Waals surface area (Å²) in [5.41, 5.74) is 2.01. The van der Waals surface area contributed by atoms with Gasteiger partial charge in [-0.05, 0) is 25.7 Å². The third-order valence-electron chi connectivity index (χ3n) is 6.66. The van der Waals surface area contributed by atoms with Gasteiger partial charge in [0.1, 0.15) is 11.6 Å². The lowest BCUT2D eigenvalue weighted by molar-refractivity contribution is -0.129. The number of anilines is 1. The second kappa shape index (κ2) is 8.18. The summed E-state index contributed by atoms with van der Waals surface area (Å²) in [5.74, 6) is 1.84. The minimum absolute atomic E-state index is 0.0672. The van der Waals surface area contributed by atoms with E-state index in [1.165, 1.54) is 0 Å². The van der Waals surface area contributed by atoms with Crippen LogP contribution in [0.5, 0.6) is 0 Å². The van der Waals surface area contributed by atoms with E-state index in [0.29, 0.717) is 26.2 Å². The highest BCUT2D eigenvalue weighted by Crippen LogP contribution is 2.34. The van der Waals surface area contributed by atoms with Crippen LogP contribution >= 0.6 is 0 Å². The fourth-order valence-electron chi connectivity index (χ4n) is 4.86. The van der Waals surface area contributed by atoms with E-state index in [1.54, 1.807) is 11.2 Å². The summed E-state index contributed by atoms with van der Waals surface area (Å²) in [6.07, 6.45) is 5.90. The summed E-state index contributed by atoms with van der Waals surface area (Å²) in [6.45, 7) is 3.92. The molecule has 1 aliphatic carbocycles. The van der Waals surface area contributed by atoms with Crippen molar-refractivity contribution in [2.45, 2.75) is 69.6 Å². The number of sulfonamides is 1. The van der Waals surface area contributed by atoms with Gasteiger partial charge in [-0.3, -0.25) is 4.79 Å². The first-order chi connectivity index (χ1) is 13.9. The quantitative estimate of drug-likeness (QED) is 0.797. The van der Waals surface area contributed by atoms with Crippen LogP contribution in [0, 0.1) is 0 Å². The lowest BCUT2D eigenvalue weighted by Gasteiger charge is -2.33. The largest absolute Gasteiger partial charge is 0.373 e. The Morgan fingerprint density at radius 1 is 1.07 bits per heavy atom. The predicted molar refractivity (Wildman–Crippen MR) is 111 cm³/mol. The van der Waals surface area contributed by atoms with E-state index in [-0.39, 0.29) is 17.1 Å². The number of fused-ring (bicyclic) bond motifs is 1. The zero-order chi connectivity index (χ0) is 20.6. The Hall–Kier alpha value is -1.74. The Morgan fingerprint density at radius 2 is 1.76 bits per heavy atom. The van der Waals surface area contributed by atoms with Gasteiger partial charge in [-0.1, -0.05) is 12.8 Å². The molecule has 2 aliphatic heterocycles. The maximum Gasteiger partial charge on any atom is 0.219 e. The molecule has 1 aromatic heterocycles. The molecule has 1 aromatic rings. The molecule has 0 atom stereocenters. The smallest absolute Gasteiger partial charge is 0.219 e. The van der Waals surface area contributed by atoms with E-state index in [1.807, 2.05) is 11.9 Å². The van der Waals surface area contributed by atoms with E-state index < -0.39 is 10.0 Å². The van der Waals surface area contributed by atoms with E-state index in [4.69, 9.17) is 9.97 Å². The first-order valence-electron chi connectivity index (χ1n) is 10.7. The van der Waals surface area contributed by atoms with Crippen LogP contribution in [0.15, 0.2) is 0 Å². The molecule has 8 nitrogen and oxygen atoms in total. The number of nitrogens with one attached hydrogen (secondary N) is 1. The highest BCUT2D eigenvalue weighted by molar-refractivity contribution is 7.89. The van der Waals surface area contributed by atoms with Crippen molar-refractivity contribution in [2.24, 2.45) is 0 Å². The molecule has 0 spiro atoms. The fourth-order valence-corrected chi connectivity index (χ4v) is 6.93. The molecule has 2 fully saturated rings. The minimum atomic E-state index is -3.17. The van der Waals surface area contributed by atoms with Crippen molar-refractivity contribution in [3.05, 3.63) is 17.1 Å². The second-order valence-electron chi connectivity index (χ2n) is 8.42. The van der Waals surface area contributed by atoms with E-state index in [9.17, 15) is 13.2 Å². The lowest BCUT2D eigenvalue weighted by atomic mass is 9.96. The summed E-state index contributed by atoms with van der Waals surface area (Å²) in [5, 5.41) is 2.99. The Balaban J connectivity index is 1.48. The summed E-state index contributed by atoms with van der Waals surface area (Å²) < 4.78 is 27.4. The number of nitrogens with zero attached hydrogens (tertiary/aromatic N) is 4. The Labute approximate surface area is 173 Å². The van der Waals surface area contributed by atoms with Gasteiger partial charge in [-0.15, -0.1) is 0 Å². The molecule has 1 saturated carbocycles. The first kappa shape index (κ1) is 20.5. The fraction of sp³-hybridized carbons (Fsp3) is 0.750. The highest BCUT2D eigenvalue weighted by atomic mass is 32.2. The van der Waals surface area contributed by atoms with Crippen molar-refractivity contribution in [3.63, 3.8) is 0 Å². The van der Waals surface area contributed by atoms with Gasteiger partial charge in [0.15, 0.2) is 0 Å². The number of aromatic nitrogens is 2. The topological polar surface area (TPSA) is 95.5 Å². The Kier molecular flexibility index (Phi) is 5.79. The van der Waals surface area contributed by atoms with Crippen molar-refractivity contribution in [1.82, 2.24) is 19.2 Å². The van der Waals surface area contributed by atoms with Crippen molar-refractivity contribution in [2.75, 3.05) is 32.0 Å². The first-order valence-corrected chi connectivity index (χ1v) is 12.2. The highest BCUT2D eigenvalue weighted by Gasteiger charge is 2.37.